The monoisotopic (exact) mass is 247 g/mol. The van der Waals surface area contributed by atoms with Gasteiger partial charge < -0.3 is 4.90 Å². The van der Waals surface area contributed by atoms with E-state index in [0.717, 1.165) is 6.07 Å². The summed E-state index contributed by atoms with van der Waals surface area (Å²) in [4.78, 5) is 12.4. The quantitative estimate of drug-likeness (QED) is 0.773. The van der Waals surface area contributed by atoms with E-state index in [0.29, 0.717) is 17.7 Å². The minimum atomic E-state index is -0.497. The van der Waals surface area contributed by atoms with E-state index < -0.39 is 11.6 Å². The van der Waals surface area contributed by atoms with Crippen LogP contribution < -0.4 is 4.90 Å². The van der Waals surface area contributed by atoms with Gasteiger partial charge in [0.1, 0.15) is 11.6 Å². The summed E-state index contributed by atoms with van der Waals surface area (Å²) in [6.45, 7) is 0. The van der Waals surface area contributed by atoms with Gasteiger partial charge in [-0.15, -0.1) is 0 Å². The maximum Gasteiger partial charge on any atom is 0.152 e. The molecule has 92 valence electrons. The van der Waals surface area contributed by atoms with Crippen LogP contribution in [0.3, 0.4) is 0 Å². The second-order valence-corrected chi connectivity index (χ2v) is 3.83. The smallest absolute Gasteiger partial charge is 0.152 e. The summed E-state index contributed by atoms with van der Waals surface area (Å²) in [5.74, 6) is -0.899. The highest BCUT2D eigenvalue weighted by atomic mass is 19.1. The summed E-state index contributed by atoms with van der Waals surface area (Å²) in [7, 11) is 1.62. The van der Waals surface area contributed by atoms with Crippen LogP contribution in [0.5, 0.6) is 0 Å². The molecule has 4 heteroatoms. The first-order chi connectivity index (χ1) is 8.63. The fourth-order valence-electron chi connectivity index (χ4n) is 1.78. The molecule has 0 aromatic heterocycles. The number of hydrogen-bond acceptors (Lipinski definition) is 2. The lowest BCUT2D eigenvalue weighted by Crippen LogP contribution is -2.13. The van der Waals surface area contributed by atoms with Gasteiger partial charge in [-0.25, -0.2) is 8.78 Å². The van der Waals surface area contributed by atoms with Crippen molar-refractivity contribution in [3.63, 3.8) is 0 Å². The lowest BCUT2D eigenvalue weighted by atomic mass is 10.1. The summed E-state index contributed by atoms with van der Waals surface area (Å²) >= 11 is 0. The molecule has 0 spiro atoms. The summed E-state index contributed by atoms with van der Waals surface area (Å²) < 4.78 is 26.7. The van der Waals surface area contributed by atoms with Crippen LogP contribution in [0, 0.1) is 11.6 Å². The number of carbonyl (C=O) groups is 1. The normalized spacial score (nSPS) is 10.2. The molecule has 0 aliphatic carbocycles. The third-order valence-electron chi connectivity index (χ3n) is 2.69. The third kappa shape index (κ3) is 2.22. The van der Waals surface area contributed by atoms with Crippen molar-refractivity contribution >= 4 is 17.7 Å². The number of rotatable bonds is 3. The van der Waals surface area contributed by atoms with Crippen molar-refractivity contribution in [3.05, 3.63) is 59.7 Å². The molecular formula is C14H11F2NO. The van der Waals surface area contributed by atoms with Gasteiger partial charge in [-0.1, -0.05) is 12.1 Å². The van der Waals surface area contributed by atoms with Gasteiger partial charge in [0.25, 0.3) is 0 Å². The Balaban J connectivity index is 2.49. The zero-order chi connectivity index (χ0) is 13.1. The number of anilines is 2. The van der Waals surface area contributed by atoms with Gasteiger partial charge in [0.2, 0.25) is 0 Å². The molecule has 0 amide bonds. The maximum absolute atomic E-state index is 13.6. The summed E-state index contributed by atoms with van der Waals surface area (Å²) in [6, 6.07) is 10.0. The van der Waals surface area contributed by atoms with Crippen LogP contribution in [0.25, 0.3) is 0 Å². The van der Waals surface area contributed by atoms with Crippen molar-refractivity contribution in [1.82, 2.24) is 0 Å². The van der Waals surface area contributed by atoms with Crippen LogP contribution in [-0.4, -0.2) is 13.3 Å². The summed E-state index contributed by atoms with van der Waals surface area (Å²) in [5, 5.41) is 0. The predicted molar refractivity (Wildman–Crippen MR) is 66.3 cm³/mol. The molecule has 0 unspecified atom stereocenters. The Morgan fingerprint density at radius 2 is 1.78 bits per heavy atom. The minimum absolute atomic E-state index is 0.181. The Kier molecular flexibility index (Phi) is 3.37. The van der Waals surface area contributed by atoms with E-state index in [-0.39, 0.29) is 5.56 Å². The Morgan fingerprint density at radius 1 is 1.06 bits per heavy atom. The third-order valence-corrected chi connectivity index (χ3v) is 2.69. The van der Waals surface area contributed by atoms with Crippen molar-refractivity contribution in [1.29, 1.82) is 0 Å². The molecule has 0 saturated heterocycles. The lowest BCUT2D eigenvalue weighted by molar-refractivity contribution is 0.112. The Labute approximate surface area is 103 Å². The van der Waals surface area contributed by atoms with Gasteiger partial charge in [0.15, 0.2) is 6.29 Å². The molecule has 2 aromatic rings. The Morgan fingerprint density at radius 3 is 2.44 bits per heavy atom. The fourth-order valence-corrected chi connectivity index (χ4v) is 1.78. The predicted octanol–water partition coefficient (Wildman–Crippen LogP) is 3.55. The SMILES string of the molecule is CN(c1ccccc1F)c1ccc(F)cc1C=O. The molecule has 0 saturated carbocycles. The van der Waals surface area contributed by atoms with Crippen LogP contribution in [-0.2, 0) is 0 Å². The first kappa shape index (κ1) is 12.2. The number of para-hydroxylation sites is 1. The van der Waals surface area contributed by atoms with Gasteiger partial charge in [-0.05, 0) is 30.3 Å². The van der Waals surface area contributed by atoms with Crippen LogP contribution >= 0.6 is 0 Å². The molecule has 2 aromatic carbocycles. The largest absolute Gasteiger partial charge is 0.342 e. The van der Waals surface area contributed by atoms with Crippen molar-refractivity contribution in [3.8, 4) is 0 Å². The highest BCUT2D eigenvalue weighted by molar-refractivity contribution is 5.86. The number of nitrogens with zero attached hydrogens (tertiary/aromatic N) is 1. The number of carbonyl (C=O) groups excluding carboxylic acids is 1. The van der Waals surface area contributed by atoms with E-state index >= 15 is 0 Å². The topological polar surface area (TPSA) is 20.3 Å². The fraction of sp³-hybridized carbons (Fsp3) is 0.0714. The first-order valence-corrected chi connectivity index (χ1v) is 5.36. The number of benzene rings is 2. The number of halogens is 2. The second kappa shape index (κ2) is 4.96. The van der Waals surface area contributed by atoms with Crippen molar-refractivity contribution in [2.75, 3.05) is 11.9 Å². The van der Waals surface area contributed by atoms with Gasteiger partial charge in [0.05, 0.1) is 11.4 Å². The van der Waals surface area contributed by atoms with E-state index in [1.807, 2.05) is 0 Å². The molecule has 0 aliphatic rings. The van der Waals surface area contributed by atoms with E-state index in [9.17, 15) is 13.6 Å². The second-order valence-electron chi connectivity index (χ2n) is 3.83. The summed E-state index contributed by atoms with van der Waals surface area (Å²) in [5.41, 5.74) is 0.962. The summed E-state index contributed by atoms with van der Waals surface area (Å²) in [6.07, 6.45) is 0.551. The molecule has 0 bridgehead atoms. The average molecular weight is 247 g/mol. The van der Waals surface area contributed by atoms with Crippen LogP contribution in [0.4, 0.5) is 20.2 Å². The number of hydrogen-bond donors (Lipinski definition) is 0. The molecule has 18 heavy (non-hydrogen) atoms. The van der Waals surface area contributed by atoms with Crippen molar-refractivity contribution < 1.29 is 13.6 Å². The molecule has 0 fully saturated rings. The standard InChI is InChI=1S/C14H11F2NO/c1-17(14-5-3-2-4-12(14)16)13-7-6-11(15)8-10(13)9-18/h2-9H,1H3. The molecule has 0 radical (unpaired) electrons. The Bertz CT molecular complexity index is 584. The molecule has 0 N–H and O–H groups in total. The lowest BCUT2D eigenvalue weighted by Gasteiger charge is -2.21. The molecule has 2 rings (SSSR count). The van der Waals surface area contributed by atoms with Gasteiger partial charge in [0, 0.05) is 12.6 Å². The van der Waals surface area contributed by atoms with E-state index in [1.165, 1.54) is 23.1 Å². The van der Waals surface area contributed by atoms with Crippen LogP contribution in [0.15, 0.2) is 42.5 Å². The highest BCUT2D eigenvalue weighted by Crippen LogP contribution is 2.28. The molecule has 0 atom stereocenters. The van der Waals surface area contributed by atoms with Gasteiger partial charge in [-0.3, -0.25) is 4.79 Å². The average Bonchev–Trinajstić information content (AvgIpc) is 2.38. The maximum atomic E-state index is 13.6. The van der Waals surface area contributed by atoms with Gasteiger partial charge in [-0.2, -0.15) is 0 Å². The number of aldehydes is 1. The van der Waals surface area contributed by atoms with Crippen LogP contribution in [0.1, 0.15) is 10.4 Å². The van der Waals surface area contributed by atoms with Gasteiger partial charge >= 0.3 is 0 Å². The Hall–Kier alpha value is -2.23. The molecule has 0 heterocycles. The van der Waals surface area contributed by atoms with E-state index in [4.69, 9.17) is 0 Å². The highest BCUT2D eigenvalue weighted by Gasteiger charge is 2.12. The molecule has 0 aliphatic heterocycles. The molecule has 2 nitrogen and oxygen atoms in total. The van der Waals surface area contributed by atoms with Crippen molar-refractivity contribution in [2.24, 2.45) is 0 Å². The van der Waals surface area contributed by atoms with Crippen molar-refractivity contribution in [2.45, 2.75) is 0 Å². The van der Waals surface area contributed by atoms with E-state index in [1.54, 1.807) is 25.2 Å². The molecular weight excluding hydrogens is 236 g/mol. The zero-order valence-electron chi connectivity index (χ0n) is 9.73. The minimum Gasteiger partial charge on any atom is -0.342 e. The van der Waals surface area contributed by atoms with Crippen LogP contribution in [0.2, 0.25) is 0 Å². The zero-order valence-corrected chi connectivity index (χ0v) is 9.73. The van der Waals surface area contributed by atoms with E-state index in [2.05, 4.69) is 0 Å². The first-order valence-electron chi connectivity index (χ1n) is 5.36.